The summed E-state index contributed by atoms with van der Waals surface area (Å²) in [7, 11) is 0. The van der Waals surface area contributed by atoms with Crippen molar-refractivity contribution >= 4 is 6.08 Å². The highest BCUT2D eigenvalue weighted by atomic mass is 16.6. The number of hydrogen-bond acceptors (Lipinski definition) is 4. The van der Waals surface area contributed by atoms with Gasteiger partial charge >= 0.3 is 0 Å². The Morgan fingerprint density at radius 2 is 2.24 bits per heavy atom. The van der Waals surface area contributed by atoms with Crippen LogP contribution in [0.1, 0.15) is 24.2 Å². The van der Waals surface area contributed by atoms with Crippen molar-refractivity contribution in [1.82, 2.24) is 9.97 Å². The average Bonchev–Trinajstić information content (AvgIpc) is 2.67. The van der Waals surface area contributed by atoms with Crippen molar-refractivity contribution in [3.8, 4) is 0 Å². The van der Waals surface area contributed by atoms with Gasteiger partial charge in [0.2, 0.25) is 0 Å². The van der Waals surface area contributed by atoms with Crippen molar-refractivity contribution < 1.29 is 4.92 Å². The van der Waals surface area contributed by atoms with Crippen molar-refractivity contribution in [2.24, 2.45) is 5.92 Å². The second-order valence-corrected chi connectivity index (χ2v) is 4.57. The SMILES string of the molecule is C=C1CC2C=Cc3nccnc3C2([N+](=O)[O-])C1. The van der Waals surface area contributed by atoms with E-state index in [2.05, 4.69) is 16.5 Å². The van der Waals surface area contributed by atoms with E-state index in [0.29, 0.717) is 24.2 Å². The van der Waals surface area contributed by atoms with Crippen molar-refractivity contribution in [3.05, 3.63) is 52.1 Å². The number of hydrogen-bond donors (Lipinski definition) is 0. The van der Waals surface area contributed by atoms with Gasteiger partial charge in [0.25, 0.3) is 5.54 Å². The van der Waals surface area contributed by atoms with Gasteiger partial charge < -0.3 is 0 Å². The van der Waals surface area contributed by atoms with Gasteiger partial charge in [0, 0.05) is 23.7 Å². The highest BCUT2D eigenvalue weighted by molar-refractivity contribution is 5.55. The summed E-state index contributed by atoms with van der Waals surface area (Å²) in [6.07, 6.45) is 7.79. The fourth-order valence-electron chi connectivity index (χ4n) is 2.85. The Labute approximate surface area is 98.1 Å². The first-order valence-electron chi connectivity index (χ1n) is 5.45. The van der Waals surface area contributed by atoms with E-state index in [9.17, 15) is 10.1 Å². The Balaban J connectivity index is 2.27. The molecule has 2 unspecified atom stereocenters. The molecule has 1 aromatic rings. The van der Waals surface area contributed by atoms with Crippen LogP contribution in [-0.2, 0) is 5.54 Å². The minimum Gasteiger partial charge on any atom is -0.263 e. The summed E-state index contributed by atoms with van der Waals surface area (Å²) < 4.78 is 0. The molecule has 1 heterocycles. The average molecular weight is 229 g/mol. The summed E-state index contributed by atoms with van der Waals surface area (Å²) in [4.78, 5) is 19.7. The second kappa shape index (κ2) is 3.23. The second-order valence-electron chi connectivity index (χ2n) is 4.57. The van der Waals surface area contributed by atoms with Crippen molar-refractivity contribution in [3.63, 3.8) is 0 Å². The van der Waals surface area contributed by atoms with Crippen molar-refractivity contribution in [2.75, 3.05) is 0 Å². The van der Waals surface area contributed by atoms with Crippen LogP contribution in [0.15, 0.2) is 30.6 Å². The first-order chi connectivity index (χ1) is 8.14. The maximum atomic E-state index is 11.5. The van der Waals surface area contributed by atoms with Gasteiger partial charge in [-0.3, -0.25) is 15.1 Å². The molecule has 0 N–H and O–H groups in total. The van der Waals surface area contributed by atoms with E-state index >= 15 is 0 Å². The van der Waals surface area contributed by atoms with E-state index in [-0.39, 0.29) is 10.8 Å². The third kappa shape index (κ3) is 1.19. The van der Waals surface area contributed by atoms with Gasteiger partial charge in [-0.15, -0.1) is 0 Å². The molecule has 0 saturated heterocycles. The van der Waals surface area contributed by atoms with Crippen LogP contribution >= 0.6 is 0 Å². The lowest BCUT2D eigenvalue weighted by molar-refractivity contribution is -0.585. The summed E-state index contributed by atoms with van der Waals surface area (Å²) >= 11 is 0. The summed E-state index contributed by atoms with van der Waals surface area (Å²) in [5, 5.41) is 11.5. The van der Waals surface area contributed by atoms with E-state index in [1.54, 1.807) is 6.20 Å². The third-order valence-corrected chi connectivity index (χ3v) is 3.59. The summed E-state index contributed by atoms with van der Waals surface area (Å²) in [5.74, 6) is -0.144. The lowest BCUT2D eigenvalue weighted by atomic mass is 9.79. The summed E-state index contributed by atoms with van der Waals surface area (Å²) in [5.41, 5.74) is 0.858. The Morgan fingerprint density at radius 1 is 1.47 bits per heavy atom. The molecule has 86 valence electrons. The molecule has 1 aromatic heterocycles. The van der Waals surface area contributed by atoms with Gasteiger partial charge in [0.05, 0.1) is 11.6 Å². The molecule has 2 aliphatic rings. The van der Waals surface area contributed by atoms with Gasteiger partial charge in [0.1, 0.15) is 5.69 Å². The fourth-order valence-corrected chi connectivity index (χ4v) is 2.85. The molecule has 5 nitrogen and oxygen atoms in total. The largest absolute Gasteiger partial charge is 0.275 e. The lowest BCUT2D eigenvalue weighted by Crippen LogP contribution is -2.41. The van der Waals surface area contributed by atoms with Crippen LogP contribution in [0.3, 0.4) is 0 Å². The molecule has 0 bridgehead atoms. The number of rotatable bonds is 1. The van der Waals surface area contributed by atoms with E-state index in [1.807, 2.05) is 12.2 Å². The summed E-state index contributed by atoms with van der Waals surface area (Å²) in [6.45, 7) is 3.89. The third-order valence-electron chi connectivity index (χ3n) is 3.59. The topological polar surface area (TPSA) is 68.9 Å². The molecule has 0 spiro atoms. The first-order valence-corrected chi connectivity index (χ1v) is 5.45. The smallest absolute Gasteiger partial charge is 0.263 e. The minimum atomic E-state index is -1.14. The van der Waals surface area contributed by atoms with Crippen LogP contribution in [-0.4, -0.2) is 14.9 Å². The number of nitrogens with zero attached hydrogens (tertiary/aromatic N) is 3. The molecule has 5 heteroatoms. The Hall–Kier alpha value is -2.04. The zero-order valence-corrected chi connectivity index (χ0v) is 9.17. The molecule has 2 atom stereocenters. The van der Waals surface area contributed by atoms with Gasteiger partial charge in [0.15, 0.2) is 0 Å². The fraction of sp³-hybridized carbons (Fsp3) is 0.333. The molecule has 0 amide bonds. The van der Waals surface area contributed by atoms with Crippen LogP contribution in [0.2, 0.25) is 0 Å². The van der Waals surface area contributed by atoms with E-state index < -0.39 is 5.54 Å². The zero-order chi connectivity index (χ0) is 12.0. The Kier molecular flexibility index (Phi) is 1.92. The Bertz CT molecular complexity index is 552. The van der Waals surface area contributed by atoms with Crippen LogP contribution in [0.4, 0.5) is 0 Å². The molecule has 0 aliphatic heterocycles. The van der Waals surface area contributed by atoms with Gasteiger partial charge in [-0.05, 0) is 12.5 Å². The molecular weight excluding hydrogens is 218 g/mol. The van der Waals surface area contributed by atoms with Gasteiger partial charge in [-0.2, -0.15) is 0 Å². The minimum absolute atomic E-state index is 0.144. The first kappa shape index (κ1) is 10.1. The van der Waals surface area contributed by atoms with Crippen LogP contribution in [0.25, 0.3) is 6.08 Å². The lowest BCUT2D eigenvalue weighted by Gasteiger charge is -2.27. The maximum Gasteiger partial charge on any atom is 0.275 e. The predicted molar refractivity (Wildman–Crippen MR) is 61.6 cm³/mol. The number of aromatic nitrogens is 2. The monoisotopic (exact) mass is 229 g/mol. The quantitative estimate of drug-likeness (QED) is 0.419. The van der Waals surface area contributed by atoms with Crippen LogP contribution in [0, 0.1) is 16.0 Å². The molecule has 1 fully saturated rings. The van der Waals surface area contributed by atoms with Crippen LogP contribution in [0.5, 0.6) is 0 Å². The summed E-state index contributed by atoms with van der Waals surface area (Å²) in [6, 6.07) is 0. The number of nitro groups is 1. The van der Waals surface area contributed by atoms with Crippen molar-refractivity contribution in [2.45, 2.75) is 18.4 Å². The normalized spacial score (nSPS) is 29.9. The van der Waals surface area contributed by atoms with Crippen LogP contribution < -0.4 is 0 Å². The van der Waals surface area contributed by atoms with Gasteiger partial charge in [-0.1, -0.05) is 18.2 Å². The van der Waals surface area contributed by atoms with E-state index in [4.69, 9.17) is 0 Å². The standard InChI is InChI=1S/C12H11N3O2/c1-8-6-9-2-3-10-11(14-5-4-13-10)12(9,7-8)15(16)17/h2-5,9H,1,6-7H2. The van der Waals surface area contributed by atoms with E-state index in [0.717, 1.165) is 5.57 Å². The highest BCUT2D eigenvalue weighted by Gasteiger charge is 2.59. The molecule has 2 aliphatic carbocycles. The predicted octanol–water partition coefficient (Wildman–Crippen LogP) is 1.94. The zero-order valence-electron chi connectivity index (χ0n) is 9.17. The number of fused-ring (bicyclic) bond motifs is 3. The van der Waals surface area contributed by atoms with Crippen molar-refractivity contribution in [1.29, 1.82) is 0 Å². The van der Waals surface area contributed by atoms with E-state index in [1.165, 1.54) is 6.20 Å². The maximum absolute atomic E-state index is 11.5. The molecular formula is C12H11N3O2. The molecule has 17 heavy (non-hydrogen) atoms. The Morgan fingerprint density at radius 3 is 3.00 bits per heavy atom. The molecule has 3 rings (SSSR count). The molecule has 0 radical (unpaired) electrons. The molecule has 0 aromatic carbocycles. The highest BCUT2D eigenvalue weighted by Crippen LogP contribution is 2.51. The van der Waals surface area contributed by atoms with Gasteiger partial charge in [-0.25, -0.2) is 4.98 Å². The molecule has 1 saturated carbocycles.